The fourth-order valence-corrected chi connectivity index (χ4v) is 4.74. The van der Waals surface area contributed by atoms with Gasteiger partial charge in [0.25, 0.3) is 0 Å². The van der Waals surface area contributed by atoms with Crippen LogP contribution in [0.15, 0.2) is 24.3 Å². The van der Waals surface area contributed by atoms with E-state index in [2.05, 4.69) is 41.4 Å². The number of carbonyl (C=O) groups excluding carboxylic acids is 1. The van der Waals surface area contributed by atoms with Crippen LogP contribution in [-0.2, 0) is 10.2 Å². The van der Waals surface area contributed by atoms with E-state index in [4.69, 9.17) is 0 Å². The molecular weight excluding hydrogens is 236 g/mol. The zero-order valence-corrected chi connectivity index (χ0v) is 11.5. The molecule has 2 atom stereocenters. The van der Waals surface area contributed by atoms with Gasteiger partial charge < -0.3 is 10.2 Å². The molecule has 3 aliphatic rings. The Kier molecular flexibility index (Phi) is 2.17. The number of fused-ring (bicyclic) bond motifs is 3. The van der Waals surface area contributed by atoms with Gasteiger partial charge in [-0.05, 0) is 31.4 Å². The minimum Gasteiger partial charge on any atom is -0.317 e. The fraction of sp³-hybridized carbons (Fsp3) is 0.562. The molecule has 2 fully saturated rings. The van der Waals surface area contributed by atoms with Crippen LogP contribution in [0.5, 0.6) is 0 Å². The zero-order valence-electron chi connectivity index (χ0n) is 11.5. The fourth-order valence-electron chi connectivity index (χ4n) is 4.74. The third-order valence-electron chi connectivity index (χ3n) is 5.71. The average Bonchev–Trinajstić information content (AvgIpc) is 2.66. The molecule has 1 saturated carbocycles. The summed E-state index contributed by atoms with van der Waals surface area (Å²) in [6, 6.07) is 8.73. The number of benzene rings is 1. The quantitative estimate of drug-likeness (QED) is 0.758. The van der Waals surface area contributed by atoms with Crippen molar-refractivity contribution < 1.29 is 10.1 Å². The lowest BCUT2D eigenvalue weighted by atomic mass is 9.64. The van der Waals surface area contributed by atoms with Gasteiger partial charge in [-0.15, -0.1) is 0 Å². The molecule has 1 spiro atoms. The first kappa shape index (κ1) is 11.5. The van der Waals surface area contributed by atoms with Crippen molar-refractivity contribution in [3.05, 3.63) is 29.8 Å². The molecule has 1 aromatic rings. The van der Waals surface area contributed by atoms with Crippen molar-refractivity contribution in [2.24, 2.45) is 0 Å². The van der Waals surface area contributed by atoms with Gasteiger partial charge in [-0.1, -0.05) is 24.6 Å². The van der Waals surface area contributed by atoms with Crippen LogP contribution in [0.1, 0.15) is 38.2 Å². The van der Waals surface area contributed by atoms with E-state index in [1.54, 1.807) is 0 Å². The second-order valence-electron chi connectivity index (χ2n) is 6.51. The molecule has 2 N–H and O–H groups in total. The molecule has 0 amide bonds. The molecule has 0 bridgehead atoms. The number of anilines is 1. The SMILES string of the molecule is C[C@@]12CCCC[C@@]13[NH2+]CC(=O)CN3c1ccccc12. The van der Waals surface area contributed by atoms with Crippen LogP contribution in [0.25, 0.3) is 0 Å². The lowest BCUT2D eigenvalue weighted by Gasteiger charge is -2.51. The number of hydrogen-bond acceptors (Lipinski definition) is 2. The lowest BCUT2D eigenvalue weighted by Crippen LogP contribution is -3.07. The third kappa shape index (κ3) is 1.24. The largest absolute Gasteiger partial charge is 0.317 e. The summed E-state index contributed by atoms with van der Waals surface area (Å²) in [7, 11) is 0. The van der Waals surface area contributed by atoms with Crippen LogP contribution < -0.4 is 10.2 Å². The van der Waals surface area contributed by atoms with E-state index in [-0.39, 0.29) is 11.1 Å². The van der Waals surface area contributed by atoms with Gasteiger partial charge >= 0.3 is 0 Å². The molecule has 2 heterocycles. The number of nitrogens with zero attached hydrogens (tertiary/aromatic N) is 1. The first-order valence-corrected chi connectivity index (χ1v) is 7.41. The predicted molar refractivity (Wildman–Crippen MR) is 74.1 cm³/mol. The number of ketones is 1. The summed E-state index contributed by atoms with van der Waals surface area (Å²) in [5.74, 6) is 0.357. The van der Waals surface area contributed by atoms with Gasteiger partial charge in [-0.2, -0.15) is 0 Å². The molecule has 1 saturated heterocycles. The van der Waals surface area contributed by atoms with Crippen molar-refractivity contribution in [2.75, 3.05) is 18.0 Å². The van der Waals surface area contributed by atoms with Crippen LogP contribution in [0.3, 0.4) is 0 Å². The minimum absolute atomic E-state index is 0.100. The molecule has 19 heavy (non-hydrogen) atoms. The normalized spacial score (nSPS) is 36.7. The summed E-state index contributed by atoms with van der Waals surface area (Å²) >= 11 is 0. The van der Waals surface area contributed by atoms with Crippen molar-refractivity contribution in [3.8, 4) is 0 Å². The molecule has 3 nitrogen and oxygen atoms in total. The third-order valence-corrected chi connectivity index (χ3v) is 5.71. The molecule has 2 aliphatic heterocycles. The standard InChI is InChI=1S/C16H20N2O/c1-15-8-4-5-9-16(15)17-10-12(19)11-18(16)14-7-3-2-6-13(14)15/h2-3,6-7,17H,4-5,8-11H2,1H3/p+1/t15-,16-/m0/s1. The Morgan fingerprint density at radius 3 is 2.89 bits per heavy atom. The highest BCUT2D eigenvalue weighted by molar-refractivity contribution is 5.87. The zero-order chi connectivity index (χ0) is 13.1. The first-order chi connectivity index (χ1) is 9.17. The van der Waals surface area contributed by atoms with Crippen LogP contribution >= 0.6 is 0 Å². The minimum atomic E-state index is 0.100. The Hall–Kier alpha value is -1.35. The number of nitrogens with two attached hydrogens (primary N) is 1. The van der Waals surface area contributed by atoms with E-state index in [1.165, 1.54) is 36.9 Å². The van der Waals surface area contributed by atoms with Gasteiger partial charge in [0.05, 0.1) is 12.0 Å². The molecule has 1 aromatic carbocycles. The number of rotatable bonds is 0. The van der Waals surface area contributed by atoms with Crippen molar-refractivity contribution >= 4 is 11.5 Å². The monoisotopic (exact) mass is 257 g/mol. The van der Waals surface area contributed by atoms with E-state index in [0.717, 1.165) is 0 Å². The second kappa shape index (κ2) is 3.60. The van der Waals surface area contributed by atoms with Crippen LogP contribution in [0.4, 0.5) is 5.69 Å². The summed E-state index contributed by atoms with van der Waals surface area (Å²) in [5.41, 5.74) is 3.06. The Morgan fingerprint density at radius 2 is 2.00 bits per heavy atom. The maximum absolute atomic E-state index is 11.9. The number of carbonyl (C=O) groups is 1. The topological polar surface area (TPSA) is 36.9 Å². The molecule has 0 aromatic heterocycles. The highest BCUT2D eigenvalue weighted by Gasteiger charge is 2.64. The number of quaternary nitrogens is 1. The summed E-state index contributed by atoms with van der Waals surface area (Å²) in [5, 5.41) is 2.33. The number of hydrogen-bond donors (Lipinski definition) is 1. The van der Waals surface area contributed by atoms with Crippen LogP contribution in [-0.4, -0.2) is 24.5 Å². The van der Waals surface area contributed by atoms with E-state index in [9.17, 15) is 4.79 Å². The van der Waals surface area contributed by atoms with Crippen molar-refractivity contribution in [1.29, 1.82) is 0 Å². The molecule has 0 unspecified atom stereocenters. The molecule has 1 aliphatic carbocycles. The van der Waals surface area contributed by atoms with E-state index in [0.29, 0.717) is 18.9 Å². The maximum atomic E-state index is 11.9. The Bertz CT molecular complexity index is 555. The second-order valence-corrected chi connectivity index (χ2v) is 6.51. The Labute approximate surface area is 114 Å². The average molecular weight is 257 g/mol. The van der Waals surface area contributed by atoms with Crippen LogP contribution in [0.2, 0.25) is 0 Å². The first-order valence-electron chi connectivity index (χ1n) is 7.41. The molecular formula is C16H21N2O+. The van der Waals surface area contributed by atoms with Crippen molar-refractivity contribution in [3.63, 3.8) is 0 Å². The van der Waals surface area contributed by atoms with E-state index >= 15 is 0 Å². The molecule has 4 rings (SSSR count). The summed E-state index contributed by atoms with van der Waals surface area (Å²) in [4.78, 5) is 14.3. The van der Waals surface area contributed by atoms with Gasteiger partial charge in [-0.25, -0.2) is 0 Å². The molecule has 100 valence electrons. The molecule has 0 radical (unpaired) electrons. The Morgan fingerprint density at radius 1 is 1.21 bits per heavy atom. The lowest BCUT2D eigenvalue weighted by molar-refractivity contribution is -0.732. The van der Waals surface area contributed by atoms with E-state index < -0.39 is 0 Å². The van der Waals surface area contributed by atoms with Crippen molar-refractivity contribution in [2.45, 2.75) is 43.7 Å². The summed E-state index contributed by atoms with van der Waals surface area (Å²) in [6.07, 6.45) is 5.03. The van der Waals surface area contributed by atoms with Gasteiger partial charge in [0.1, 0.15) is 6.54 Å². The predicted octanol–water partition coefficient (Wildman–Crippen LogP) is 1.18. The number of Topliss-reactive ketones (excluding diaryl/α,β-unsaturated/α-hetero) is 1. The molecule has 3 heteroatoms. The number of para-hydroxylation sites is 1. The summed E-state index contributed by atoms with van der Waals surface area (Å²) < 4.78 is 0. The van der Waals surface area contributed by atoms with Gasteiger partial charge in [0.2, 0.25) is 5.78 Å². The van der Waals surface area contributed by atoms with E-state index in [1.807, 2.05) is 0 Å². The van der Waals surface area contributed by atoms with Crippen molar-refractivity contribution in [1.82, 2.24) is 0 Å². The van der Waals surface area contributed by atoms with Gasteiger partial charge in [0.15, 0.2) is 5.66 Å². The summed E-state index contributed by atoms with van der Waals surface area (Å²) in [6.45, 7) is 3.67. The highest BCUT2D eigenvalue weighted by atomic mass is 16.1. The maximum Gasteiger partial charge on any atom is 0.206 e. The Balaban J connectivity index is 1.95. The van der Waals surface area contributed by atoms with Gasteiger partial charge in [-0.3, -0.25) is 4.79 Å². The van der Waals surface area contributed by atoms with Crippen LogP contribution in [0, 0.1) is 0 Å². The van der Waals surface area contributed by atoms with Gasteiger partial charge in [0, 0.05) is 12.1 Å². The highest BCUT2D eigenvalue weighted by Crippen LogP contribution is 2.55. The smallest absolute Gasteiger partial charge is 0.206 e.